The van der Waals surface area contributed by atoms with Crippen molar-refractivity contribution in [2.75, 3.05) is 19.7 Å². The fourth-order valence-electron chi connectivity index (χ4n) is 1.44. The third kappa shape index (κ3) is 7.20. The third-order valence-corrected chi connectivity index (χ3v) is 3.98. The zero-order valence-electron chi connectivity index (χ0n) is 12.8. The van der Waals surface area contributed by atoms with Crippen LogP contribution >= 0.6 is 0 Å². The van der Waals surface area contributed by atoms with Gasteiger partial charge in [-0.15, -0.1) is 0 Å². The van der Waals surface area contributed by atoms with Crippen molar-refractivity contribution in [2.45, 2.75) is 18.7 Å². The van der Waals surface area contributed by atoms with Gasteiger partial charge in [0.05, 0.1) is 4.90 Å². The molecule has 1 rings (SSSR count). The van der Waals surface area contributed by atoms with E-state index in [1.165, 1.54) is 12.1 Å². The molecule has 0 aromatic heterocycles. The fourth-order valence-corrected chi connectivity index (χ4v) is 2.44. The highest BCUT2D eigenvalue weighted by atomic mass is 32.2. The lowest BCUT2D eigenvalue weighted by atomic mass is 10.2. The average molecular weight is 346 g/mol. The van der Waals surface area contributed by atoms with Gasteiger partial charge in [0, 0.05) is 6.54 Å². The van der Waals surface area contributed by atoms with Crippen LogP contribution in [0.3, 0.4) is 0 Å². The van der Waals surface area contributed by atoms with Gasteiger partial charge in [0.2, 0.25) is 10.0 Å². The number of benzene rings is 1. The second kappa shape index (κ2) is 8.59. The van der Waals surface area contributed by atoms with E-state index in [0.717, 1.165) is 12.1 Å². The Balaban J connectivity index is 2.42. The molecule has 0 spiro atoms. The number of rotatable bonds is 8. The highest BCUT2D eigenvalue weighted by Crippen LogP contribution is 2.09. The van der Waals surface area contributed by atoms with Crippen molar-refractivity contribution in [3.63, 3.8) is 0 Å². The van der Waals surface area contributed by atoms with E-state index in [1.54, 1.807) is 0 Å². The van der Waals surface area contributed by atoms with Crippen molar-refractivity contribution in [3.05, 3.63) is 30.1 Å². The van der Waals surface area contributed by atoms with Crippen LogP contribution in [-0.2, 0) is 24.3 Å². The predicted octanol–water partition coefficient (Wildman–Crippen LogP) is 0.419. The average Bonchev–Trinajstić information content (AvgIpc) is 2.49. The Kier molecular flexibility index (Phi) is 7.11. The van der Waals surface area contributed by atoms with Crippen molar-refractivity contribution >= 4 is 21.9 Å². The summed E-state index contributed by atoms with van der Waals surface area (Å²) < 4.78 is 43.3. The van der Waals surface area contributed by atoms with Gasteiger partial charge in [0.25, 0.3) is 5.91 Å². The second-order valence-corrected chi connectivity index (χ2v) is 6.91. The van der Waals surface area contributed by atoms with Gasteiger partial charge in [-0.3, -0.25) is 9.59 Å². The normalized spacial score (nSPS) is 11.3. The summed E-state index contributed by atoms with van der Waals surface area (Å²) >= 11 is 0. The minimum Gasteiger partial charge on any atom is -0.455 e. The molecule has 2 N–H and O–H groups in total. The monoisotopic (exact) mass is 346 g/mol. The van der Waals surface area contributed by atoms with Gasteiger partial charge in [-0.1, -0.05) is 19.9 Å². The number of nitrogens with one attached hydrogen (secondary N) is 2. The van der Waals surface area contributed by atoms with Gasteiger partial charge in [-0.2, -0.15) is 4.72 Å². The third-order valence-electron chi connectivity index (χ3n) is 2.58. The number of halogens is 1. The van der Waals surface area contributed by atoms with E-state index in [4.69, 9.17) is 0 Å². The topological polar surface area (TPSA) is 102 Å². The van der Waals surface area contributed by atoms with Crippen LogP contribution in [0.1, 0.15) is 13.8 Å². The molecule has 0 bridgehead atoms. The molecule has 0 fully saturated rings. The van der Waals surface area contributed by atoms with Crippen LogP contribution in [-0.4, -0.2) is 40.0 Å². The zero-order valence-corrected chi connectivity index (χ0v) is 13.7. The second-order valence-electron chi connectivity index (χ2n) is 5.14. The Morgan fingerprint density at radius 2 is 2.00 bits per heavy atom. The summed E-state index contributed by atoms with van der Waals surface area (Å²) in [5, 5.41) is 2.55. The van der Waals surface area contributed by atoms with Gasteiger partial charge in [0.15, 0.2) is 6.61 Å². The summed E-state index contributed by atoms with van der Waals surface area (Å²) in [6.07, 6.45) is 0. The van der Waals surface area contributed by atoms with Crippen molar-refractivity contribution in [2.24, 2.45) is 5.92 Å². The van der Waals surface area contributed by atoms with E-state index in [-0.39, 0.29) is 10.8 Å². The van der Waals surface area contributed by atoms with Crippen molar-refractivity contribution < 1.29 is 27.1 Å². The van der Waals surface area contributed by atoms with Crippen molar-refractivity contribution in [3.8, 4) is 0 Å². The number of esters is 1. The van der Waals surface area contributed by atoms with Crippen LogP contribution < -0.4 is 10.0 Å². The van der Waals surface area contributed by atoms with Crippen molar-refractivity contribution in [1.82, 2.24) is 10.0 Å². The number of sulfonamides is 1. The van der Waals surface area contributed by atoms with Gasteiger partial charge < -0.3 is 10.1 Å². The molecule has 128 valence electrons. The molecule has 0 radical (unpaired) electrons. The molecular weight excluding hydrogens is 327 g/mol. The molecule has 0 unspecified atom stereocenters. The molecule has 0 aliphatic heterocycles. The molecule has 9 heteroatoms. The fraction of sp³-hybridized carbons (Fsp3) is 0.429. The van der Waals surface area contributed by atoms with E-state index >= 15 is 0 Å². The van der Waals surface area contributed by atoms with E-state index in [1.807, 2.05) is 18.6 Å². The molecular formula is C14H19FN2O5S. The maximum atomic E-state index is 13.0. The van der Waals surface area contributed by atoms with E-state index in [9.17, 15) is 22.4 Å². The Labute approximate surface area is 134 Å². The summed E-state index contributed by atoms with van der Waals surface area (Å²) in [4.78, 5) is 22.5. The quantitative estimate of drug-likeness (QED) is 0.664. The molecule has 1 aromatic rings. The summed E-state index contributed by atoms with van der Waals surface area (Å²) in [7, 11) is -4.03. The van der Waals surface area contributed by atoms with E-state index in [0.29, 0.717) is 6.54 Å². The number of carbonyl (C=O) groups is 2. The van der Waals surface area contributed by atoms with Crippen LogP contribution in [0.25, 0.3) is 0 Å². The lowest BCUT2D eigenvalue weighted by molar-refractivity contribution is -0.147. The largest absolute Gasteiger partial charge is 0.455 e. The molecule has 0 heterocycles. The van der Waals surface area contributed by atoms with Crippen LogP contribution in [0.4, 0.5) is 4.39 Å². The minimum absolute atomic E-state index is 0.257. The maximum Gasteiger partial charge on any atom is 0.321 e. The predicted molar refractivity (Wildman–Crippen MR) is 80.4 cm³/mol. The Morgan fingerprint density at radius 1 is 1.30 bits per heavy atom. The smallest absolute Gasteiger partial charge is 0.321 e. The first-order chi connectivity index (χ1) is 10.7. The Hall–Kier alpha value is -2.00. The standard InChI is InChI=1S/C14H19FN2O5S/c1-10(2)7-16-13(18)9-22-14(19)8-17-23(20,21)12-5-3-4-11(15)6-12/h3-6,10,17H,7-9H2,1-2H3,(H,16,18). The molecule has 0 saturated carbocycles. The van der Waals surface area contributed by atoms with Gasteiger partial charge >= 0.3 is 5.97 Å². The van der Waals surface area contributed by atoms with Gasteiger partial charge in [-0.25, -0.2) is 12.8 Å². The summed E-state index contributed by atoms with van der Waals surface area (Å²) in [6, 6.07) is 4.35. The van der Waals surface area contributed by atoms with E-state index < -0.39 is 40.9 Å². The molecule has 1 amide bonds. The first kappa shape index (κ1) is 19.0. The highest BCUT2D eigenvalue weighted by molar-refractivity contribution is 7.89. The summed E-state index contributed by atoms with van der Waals surface area (Å²) in [5.74, 6) is -1.84. The van der Waals surface area contributed by atoms with Crippen LogP contribution in [0.15, 0.2) is 29.2 Å². The lowest BCUT2D eigenvalue weighted by Gasteiger charge is -2.09. The van der Waals surface area contributed by atoms with E-state index in [2.05, 4.69) is 10.1 Å². The van der Waals surface area contributed by atoms with Crippen LogP contribution in [0, 0.1) is 11.7 Å². The summed E-state index contributed by atoms with van der Waals surface area (Å²) in [6.45, 7) is 3.12. The molecule has 0 atom stereocenters. The SMILES string of the molecule is CC(C)CNC(=O)COC(=O)CNS(=O)(=O)c1cccc(F)c1. The maximum absolute atomic E-state index is 13.0. The highest BCUT2D eigenvalue weighted by Gasteiger charge is 2.17. The first-order valence-corrected chi connectivity index (χ1v) is 8.36. The number of hydrogen-bond acceptors (Lipinski definition) is 5. The minimum atomic E-state index is -4.03. The lowest BCUT2D eigenvalue weighted by Crippen LogP contribution is -2.35. The number of amides is 1. The molecule has 0 aliphatic carbocycles. The molecule has 7 nitrogen and oxygen atoms in total. The molecule has 0 aliphatic rings. The van der Waals surface area contributed by atoms with Crippen LogP contribution in [0.2, 0.25) is 0 Å². The number of hydrogen-bond donors (Lipinski definition) is 2. The van der Waals surface area contributed by atoms with Crippen LogP contribution in [0.5, 0.6) is 0 Å². The number of carbonyl (C=O) groups excluding carboxylic acids is 2. The van der Waals surface area contributed by atoms with Gasteiger partial charge in [-0.05, 0) is 24.1 Å². The molecule has 1 aromatic carbocycles. The molecule has 23 heavy (non-hydrogen) atoms. The number of ether oxygens (including phenoxy) is 1. The Morgan fingerprint density at radius 3 is 2.61 bits per heavy atom. The molecule has 0 saturated heterocycles. The summed E-state index contributed by atoms with van der Waals surface area (Å²) in [5.41, 5.74) is 0. The zero-order chi connectivity index (χ0) is 17.5. The Bertz CT molecular complexity index is 661. The first-order valence-electron chi connectivity index (χ1n) is 6.88. The van der Waals surface area contributed by atoms with Crippen molar-refractivity contribution in [1.29, 1.82) is 0 Å². The van der Waals surface area contributed by atoms with Gasteiger partial charge in [0.1, 0.15) is 12.4 Å².